The molecule has 0 aliphatic rings. The van der Waals surface area contributed by atoms with Crippen molar-refractivity contribution in [3.05, 3.63) is 35.3 Å². The van der Waals surface area contributed by atoms with E-state index in [1.165, 1.54) is 19.2 Å². The Bertz CT molecular complexity index is 628. The van der Waals surface area contributed by atoms with E-state index in [2.05, 4.69) is 4.98 Å². The summed E-state index contributed by atoms with van der Waals surface area (Å²) in [6, 6.07) is 3.57. The Morgan fingerprint density at radius 1 is 1.44 bits per heavy atom. The smallest absolute Gasteiger partial charge is 0.335 e. The Hall–Kier alpha value is -2.24. The standard InChI is InChI=1S/C12H9F2NO3/c1-18-10-4-7(12(16)17)2-6-3-8(14)9(5-13)15-11(6)10/h2-4H,5H2,1H3,(H,16,17). The molecule has 0 saturated carbocycles. The number of rotatable bonds is 3. The third-order valence-electron chi connectivity index (χ3n) is 2.50. The zero-order chi connectivity index (χ0) is 13.3. The maximum atomic E-state index is 13.4. The molecule has 0 saturated heterocycles. The van der Waals surface area contributed by atoms with Gasteiger partial charge in [0.05, 0.1) is 12.7 Å². The van der Waals surface area contributed by atoms with Crippen molar-refractivity contribution in [1.82, 2.24) is 4.98 Å². The van der Waals surface area contributed by atoms with Gasteiger partial charge in [-0.25, -0.2) is 18.6 Å². The topological polar surface area (TPSA) is 59.4 Å². The summed E-state index contributed by atoms with van der Waals surface area (Å²) in [4.78, 5) is 14.7. The third kappa shape index (κ3) is 1.97. The van der Waals surface area contributed by atoms with Gasteiger partial charge in [-0.1, -0.05) is 0 Å². The molecule has 0 aliphatic heterocycles. The molecule has 0 radical (unpaired) electrons. The summed E-state index contributed by atoms with van der Waals surface area (Å²) in [6.45, 7) is -1.04. The molecule has 1 aromatic heterocycles. The maximum Gasteiger partial charge on any atom is 0.335 e. The Balaban J connectivity index is 2.79. The molecule has 0 unspecified atom stereocenters. The molecule has 0 amide bonds. The van der Waals surface area contributed by atoms with E-state index in [9.17, 15) is 13.6 Å². The van der Waals surface area contributed by atoms with Gasteiger partial charge in [0.25, 0.3) is 0 Å². The first-order chi connectivity index (χ1) is 8.56. The van der Waals surface area contributed by atoms with Crippen molar-refractivity contribution in [2.75, 3.05) is 7.11 Å². The van der Waals surface area contributed by atoms with Crippen LogP contribution in [0.5, 0.6) is 5.75 Å². The van der Waals surface area contributed by atoms with E-state index >= 15 is 0 Å². The number of carboxylic acid groups (broad SMARTS) is 1. The van der Waals surface area contributed by atoms with Gasteiger partial charge in [-0.3, -0.25) is 0 Å². The van der Waals surface area contributed by atoms with Gasteiger partial charge in [0.2, 0.25) is 0 Å². The lowest BCUT2D eigenvalue weighted by molar-refractivity contribution is 0.0696. The summed E-state index contributed by atoms with van der Waals surface area (Å²) in [5, 5.41) is 9.16. The van der Waals surface area contributed by atoms with Gasteiger partial charge < -0.3 is 9.84 Å². The Labute approximate surface area is 101 Å². The number of methoxy groups -OCH3 is 1. The first-order valence-corrected chi connectivity index (χ1v) is 5.03. The number of pyridine rings is 1. The Morgan fingerprint density at radius 2 is 2.17 bits per heavy atom. The van der Waals surface area contributed by atoms with Crippen molar-refractivity contribution in [2.45, 2.75) is 6.67 Å². The molecule has 0 spiro atoms. The average molecular weight is 253 g/mol. The largest absolute Gasteiger partial charge is 0.494 e. The van der Waals surface area contributed by atoms with E-state index < -0.39 is 18.5 Å². The van der Waals surface area contributed by atoms with E-state index in [1.54, 1.807) is 0 Å². The minimum atomic E-state index is -1.16. The van der Waals surface area contributed by atoms with Crippen molar-refractivity contribution in [1.29, 1.82) is 0 Å². The molecule has 2 rings (SSSR count). The maximum absolute atomic E-state index is 13.4. The lowest BCUT2D eigenvalue weighted by Crippen LogP contribution is -2.00. The lowest BCUT2D eigenvalue weighted by atomic mass is 10.1. The fourth-order valence-corrected chi connectivity index (χ4v) is 1.64. The number of hydrogen-bond donors (Lipinski definition) is 1. The predicted molar refractivity (Wildman–Crippen MR) is 60.0 cm³/mol. The molecular formula is C12H9F2NO3. The van der Waals surface area contributed by atoms with Gasteiger partial charge in [-0.05, 0) is 18.2 Å². The van der Waals surface area contributed by atoms with E-state index in [0.717, 1.165) is 6.07 Å². The number of ether oxygens (including phenoxy) is 1. The molecule has 1 aromatic carbocycles. The number of benzene rings is 1. The van der Waals surface area contributed by atoms with E-state index in [1.807, 2.05) is 0 Å². The molecule has 0 atom stereocenters. The molecule has 0 aliphatic carbocycles. The molecular weight excluding hydrogens is 244 g/mol. The molecule has 18 heavy (non-hydrogen) atoms. The minimum Gasteiger partial charge on any atom is -0.494 e. The number of carboxylic acids is 1. The van der Waals surface area contributed by atoms with Crippen LogP contribution in [0.25, 0.3) is 10.9 Å². The normalized spacial score (nSPS) is 10.6. The first-order valence-electron chi connectivity index (χ1n) is 5.03. The molecule has 0 fully saturated rings. The minimum absolute atomic E-state index is 0.0476. The summed E-state index contributed by atoms with van der Waals surface area (Å²) < 4.78 is 30.9. The molecule has 94 valence electrons. The molecule has 0 bridgehead atoms. The number of halogens is 2. The van der Waals surface area contributed by atoms with E-state index in [-0.39, 0.29) is 27.9 Å². The third-order valence-corrected chi connectivity index (χ3v) is 2.50. The van der Waals surface area contributed by atoms with Gasteiger partial charge in [0, 0.05) is 5.39 Å². The van der Waals surface area contributed by atoms with Gasteiger partial charge in [-0.2, -0.15) is 0 Å². The Morgan fingerprint density at radius 3 is 2.72 bits per heavy atom. The van der Waals surface area contributed by atoms with Crippen LogP contribution in [0.2, 0.25) is 0 Å². The van der Waals surface area contributed by atoms with Crippen molar-refractivity contribution in [3.8, 4) is 5.75 Å². The summed E-state index contributed by atoms with van der Waals surface area (Å²) in [5.41, 5.74) is -0.144. The second-order valence-corrected chi connectivity index (χ2v) is 3.61. The SMILES string of the molecule is COc1cc(C(=O)O)cc2cc(F)c(CF)nc12. The van der Waals surface area contributed by atoms with Crippen LogP contribution in [-0.2, 0) is 6.67 Å². The van der Waals surface area contributed by atoms with Crippen LogP contribution in [0.3, 0.4) is 0 Å². The van der Waals surface area contributed by atoms with Crippen molar-refractivity contribution in [2.24, 2.45) is 0 Å². The van der Waals surface area contributed by atoms with Crippen LogP contribution in [0.1, 0.15) is 16.1 Å². The monoisotopic (exact) mass is 253 g/mol. The molecule has 1 N–H and O–H groups in total. The number of carbonyl (C=O) groups is 1. The van der Waals surface area contributed by atoms with Crippen molar-refractivity contribution in [3.63, 3.8) is 0 Å². The van der Waals surface area contributed by atoms with Crippen LogP contribution in [0.4, 0.5) is 8.78 Å². The number of fused-ring (bicyclic) bond motifs is 1. The molecule has 6 heteroatoms. The fraction of sp³-hybridized carbons (Fsp3) is 0.167. The van der Waals surface area contributed by atoms with Crippen LogP contribution in [-0.4, -0.2) is 23.2 Å². The second-order valence-electron chi connectivity index (χ2n) is 3.61. The highest BCUT2D eigenvalue weighted by Crippen LogP contribution is 2.27. The highest BCUT2D eigenvalue weighted by molar-refractivity contribution is 5.96. The summed E-state index contributed by atoms with van der Waals surface area (Å²) in [5.74, 6) is -1.81. The highest BCUT2D eigenvalue weighted by atomic mass is 19.1. The Kier molecular flexibility index (Phi) is 3.10. The number of alkyl halides is 1. The lowest BCUT2D eigenvalue weighted by Gasteiger charge is -2.08. The van der Waals surface area contributed by atoms with Gasteiger partial charge in [0.1, 0.15) is 29.5 Å². The van der Waals surface area contributed by atoms with Crippen LogP contribution in [0, 0.1) is 5.82 Å². The predicted octanol–water partition coefficient (Wildman–Crippen LogP) is 2.55. The second kappa shape index (κ2) is 4.56. The summed E-state index contributed by atoms with van der Waals surface area (Å²) >= 11 is 0. The van der Waals surface area contributed by atoms with Crippen LogP contribution >= 0.6 is 0 Å². The zero-order valence-electron chi connectivity index (χ0n) is 9.41. The number of hydrogen-bond acceptors (Lipinski definition) is 3. The van der Waals surface area contributed by atoms with Crippen LogP contribution < -0.4 is 4.74 Å². The van der Waals surface area contributed by atoms with E-state index in [0.29, 0.717) is 0 Å². The molecule has 1 heterocycles. The number of aromatic carboxylic acids is 1. The van der Waals surface area contributed by atoms with Gasteiger partial charge in [-0.15, -0.1) is 0 Å². The highest BCUT2D eigenvalue weighted by Gasteiger charge is 2.14. The summed E-state index contributed by atoms with van der Waals surface area (Å²) in [7, 11) is 1.33. The van der Waals surface area contributed by atoms with Gasteiger partial charge >= 0.3 is 5.97 Å². The number of aromatic nitrogens is 1. The number of nitrogens with zero attached hydrogens (tertiary/aromatic N) is 1. The molecule has 2 aromatic rings. The summed E-state index contributed by atoms with van der Waals surface area (Å²) in [6.07, 6.45) is 0. The van der Waals surface area contributed by atoms with Crippen LogP contribution in [0.15, 0.2) is 18.2 Å². The fourth-order valence-electron chi connectivity index (χ4n) is 1.64. The first kappa shape index (κ1) is 12.2. The quantitative estimate of drug-likeness (QED) is 0.913. The average Bonchev–Trinajstić information content (AvgIpc) is 2.36. The zero-order valence-corrected chi connectivity index (χ0v) is 9.41. The van der Waals surface area contributed by atoms with Crippen molar-refractivity contribution >= 4 is 16.9 Å². The molecule has 4 nitrogen and oxygen atoms in total. The van der Waals surface area contributed by atoms with Gasteiger partial charge in [0.15, 0.2) is 0 Å². The van der Waals surface area contributed by atoms with E-state index in [4.69, 9.17) is 9.84 Å². The van der Waals surface area contributed by atoms with Crippen molar-refractivity contribution < 1.29 is 23.4 Å².